The SMILES string of the molecule is Cc1cccc(C(=O)NC2(C#N)CCCC2)c1I. The van der Waals surface area contributed by atoms with Crippen molar-refractivity contribution in [2.45, 2.75) is 38.1 Å². The lowest BCUT2D eigenvalue weighted by Crippen LogP contribution is -2.45. The first kappa shape index (κ1) is 13.3. The van der Waals surface area contributed by atoms with Crippen LogP contribution in [0.1, 0.15) is 41.6 Å². The summed E-state index contributed by atoms with van der Waals surface area (Å²) in [5.74, 6) is -0.133. The highest BCUT2D eigenvalue weighted by molar-refractivity contribution is 14.1. The van der Waals surface area contributed by atoms with E-state index in [0.29, 0.717) is 5.56 Å². The van der Waals surface area contributed by atoms with Gasteiger partial charge in [-0.1, -0.05) is 12.1 Å². The van der Waals surface area contributed by atoms with Gasteiger partial charge in [0.1, 0.15) is 5.54 Å². The number of nitriles is 1. The molecule has 4 heteroatoms. The van der Waals surface area contributed by atoms with Gasteiger partial charge in [0.25, 0.3) is 5.91 Å². The topological polar surface area (TPSA) is 52.9 Å². The number of hydrogen-bond acceptors (Lipinski definition) is 2. The van der Waals surface area contributed by atoms with Gasteiger partial charge in [-0.15, -0.1) is 0 Å². The van der Waals surface area contributed by atoms with Crippen molar-refractivity contribution < 1.29 is 4.79 Å². The van der Waals surface area contributed by atoms with Crippen LogP contribution in [-0.2, 0) is 0 Å². The lowest BCUT2D eigenvalue weighted by molar-refractivity contribution is 0.0919. The average molecular weight is 354 g/mol. The van der Waals surface area contributed by atoms with Crippen molar-refractivity contribution in [3.63, 3.8) is 0 Å². The zero-order valence-electron chi connectivity index (χ0n) is 10.3. The summed E-state index contributed by atoms with van der Waals surface area (Å²) in [7, 11) is 0. The molecule has 0 radical (unpaired) electrons. The highest BCUT2D eigenvalue weighted by atomic mass is 127. The van der Waals surface area contributed by atoms with E-state index in [9.17, 15) is 10.1 Å². The van der Waals surface area contributed by atoms with Crippen molar-refractivity contribution in [2.24, 2.45) is 0 Å². The fourth-order valence-electron chi connectivity index (χ4n) is 2.35. The largest absolute Gasteiger partial charge is 0.334 e. The van der Waals surface area contributed by atoms with Crippen LogP contribution >= 0.6 is 22.6 Å². The molecule has 1 saturated carbocycles. The summed E-state index contributed by atoms with van der Waals surface area (Å²) in [6.07, 6.45) is 3.55. The number of rotatable bonds is 2. The molecule has 1 aliphatic rings. The van der Waals surface area contributed by atoms with Crippen molar-refractivity contribution in [3.05, 3.63) is 32.9 Å². The average Bonchev–Trinajstić information content (AvgIpc) is 2.81. The van der Waals surface area contributed by atoms with Crippen LogP contribution in [0.4, 0.5) is 0 Å². The third kappa shape index (κ3) is 2.51. The zero-order valence-corrected chi connectivity index (χ0v) is 12.5. The maximum atomic E-state index is 12.3. The summed E-state index contributed by atoms with van der Waals surface area (Å²) in [6, 6.07) is 7.94. The minimum Gasteiger partial charge on any atom is -0.334 e. The summed E-state index contributed by atoms with van der Waals surface area (Å²) < 4.78 is 0.957. The summed E-state index contributed by atoms with van der Waals surface area (Å²) in [5, 5.41) is 12.2. The first-order chi connectivity index (χ1) is 8.58. The minimum atomic E-state index is -0.649. The van der Waals surface area contributed by atoms with Gasteiger partial charge in [0, 0.05) is 3.57 Å². The van der Waals surface area contributed by atoms with Gasteiger partial charge in [0.15, 0.2) is 0 Å². The standard InChI is InChI=1S/C14H15IN2O/c1-10-5-4-6-11(12(10)15)13(18)17-14(9-16)7-2-3-8-14/h4-6H,2-3,7-8H2,1H3,(H,17,18). The number of benzene rings is 1. The molecule has 0 aliphatic heterocycles. The van der Waals surface area contributed by atoms with Crippen molar-refractivity contribution in [3.8, 4) is 6.07 Å². The molecule has 0 bridgehead atoms. The first-order valence-electron chi connectivity index (χ1n) is 6.07. The first-order valence-corrected chi connectivity index (χ1v) is 7.15. The number of carbonyl (C=O) groups is 1. The molecule has 1 aliphatic carbocycles. The lowest BCUT2D eigenvalue weighted by Gasteiger charge is -2.22. The Balaban J connectivity index is 2.22. The molecule has 0 spiro atoms. The van der Waals surface area contributed by atoms with E-state index in [2.05, 4.69) is 34.0 Å². The third-order valence-corrected chi connectivity index (χ3v) is 4.89. The Labute approximate surface area is 121 Å². The number of carbonyl (C=O) groups excluding carboxylic acids is 1. The van der Waals surface area contributed by atoms with Gasteiger partial charge in [-0.3, -0.25) is 4.79 Å². The molecule has 1 fully saturated rings. The Bertz CT molecular complexity index is 513. The number of amides is 1. The Morgan fingerprint density at radius 3 is 2.72 bits per heavy atom. The molecule has 0 saturated heterocycles. The number of nitrogens with zero attached hydrogens (tertiary/aromatic N) is 1. The molecule has 0 unspecified atom stereocenters. The maximum Gasteiger partial charge on any atom is 0.253 e. The Kier molecular flexibility index (Phi) is 3.91. The molecule has 0 heterocycles. The molecule has 2 rings (SSSR count). The van der Waals surface area contributed by atoms with Crippen molar-refractivity contribution >= 4 is 28.5 Å². The van der Waals surface area contributed by atoms with E-state index >= 15 is 0 Å². The number of aryl methyl sites for hydroxylation is 1. The van der Waals surface area contributed by atoms with E-state index < -0.39 is 5.54 Å². The van der Waals surface area contributed by atoms with E-state index in [1.165, 1.54) is 0 Å². The van der Waals surface area contributed by atoms with Crippen LogP contribution in [0.5, 0.6) is 0 Å². The summed E-state index contributed by atoms with van der Waals surface area (Å²) >= 11 is 2.18. The van der Waals surface area contributed by atoms with Crippen LogP contribution in [0.3, 0.4) is 0 Å². The molecule has 1 N–H and O–H groups in total. The van der Waals surface area contributed by atoms with Gasteiger partial charge in [-0.05, 0) is 66.8 Å². The molecule has 1 aromatic carbocycles. The van der Waals surface area contributed by atoms with E-state index in [4.69, 9.17) is 0 Å². The second-order valence-corrected chi connectivity index (χ2v) is 5.87. The number of hydrogen-bond donors (Lipinski definition) is 1. The van der Waals surface area contributed by atoms with Gasteiger partial charge >= 0.3 is 0 Å². The predicted octanol–water partition coefficient (Wildman–Crippen LogP) is 3.17. The lowest BCUT2D eigenvalue weighted by atomic mass is 9.99. The maximum absolute atomic E-state index is 12.3. The quantitative estimate of drug-likeness (QED) is 0.830. The van der Waals surface area contributed by atoms with Gasteiger partial charge in [0.2, 0.25) is 0 Å². The van der Waals surface area contributed by atoms with Crippen molar-refractivity contribution in [1.82, 2.24) is 5.32 Å². The molecule has 3 nitrogen and oxygen atoms in total. The Morgan fingerprint density at radius 2 is 2.11 bits per heavy atom. The summed E-state index contributed by atoms with van der Waals surface area (Å²) in [4.78, 5) is 12.3. The van der Waals surface area contributed by atoms with Crippen LogP contribution in [0.2, 0.25) is 0 Å². The van der Waals surface area contributed by atoms with Gasteiger partial charge in [0.05, 0.1) is 11.6 Å². The van der Waals surface area contributed by atoms with Crippen LogP contribution in [0.25, 0.3) is 0 Å². The minimum absolute atomic E-state index is 0.133. The predicted molar refractivity (Wildman–Crippen MR) is 78.2 cm³/mol. The van der Waals surface area contributed by atoms with Crippen LogP contribution in [0, 0.1) is 21.8 Å². The molecule has 0 atom stereocenters. The molecule has 94 valence electrons. The van der Waals surface area contributed by atoms with Gasteiger partial charge < -0.3 is 5.32 Å². The zero-order chi connectivity index (χ0) is 13.2. The molecular weight excluding hydrogens is 339 g/mol. The molecular formula is C14H15IN2O. The fourth-order valence-corrected chi connectivity index (χ4v) is 2.96. The molecule has 18 heavy (non-hydrogen) atoms. The molecule has 0 aromatic heterocycles. The Hall–Kier alpha value is -1.09. The van der Waals surface area contributed by atoms with Crippen molar-refractivity contribution in [2.75, 3.05) is 0 Å². The Morgan fingerprint density at radius 1 is 1.44 bits per heavy atom. The summed E-state index contributed by atoms with van der Waals surface area (Å²) in [5.41, 5.74) is 1.10. The van der Waals surface area contributed by atoms with E-state index in [0.717, 1.165) is 34.8 Å². The van der Waals surface area contributed by atoms with Crippen molar-refractivity contribution in [1.29, 1.82) is 5.26 Å². The third-order valence-electron chi connectivity index (χ3n) is 3.46. The van der Waals surface area contributed by atoms with E-state index in [-0.39, 0.29) is 5.91 Å². The molecule has 1 amide bonds. The highest BCUT2D eigenvalue weighted by Gasteiger charge is 2.35. The van der Waals surface area contributed by atoms with E-state index in [1.54, 1.807) is 0 Å². The smallest absolute Gasteiger partial charge is 0.253 e. The van der Waals surface area contributed by atoms with Crippen LogP contribution in [-0.4, -0.2) is 11.4 Å². The second-order valence-electron chi connectivity index (χ2n) is 4.79. The fraction of sp³-hybridized carbons (Fsp3) is 0.429. The van der Waals surface area contributed by atoms with Crippen LogP contribution in [0.15, 0.2) is 18.2 Å². The van der Waals surface area contributed by atoms with Crippen LogP contribution < -0.4 is 5.32 Å². The summed E-state index contributed by atoms with van der Waals surface area (Å²) in [6.45, 7) is 1.98. The monoisotopic (exact) mass is 354 g/mol. The van der Waals surface area contributed by atoms with Gasteiger partial charge in [-0.2, -0.15) is 5.26 Å². The number of nitrogens with one attached hydrogen (secondary N) is 1. The highest BCUT2D eigenvalue weighted by Crippen LogP contribution is 2.29. The number of halogens is 1. The van der Waals surface area contributed by atoms with Gasteiger partial charge in [-0.25, -0.2) is 0 Å². The second kappa shape index (κ2) is 5.27. The molecule has 1 aromatic rings. The van der Waals surface area contributed by atoms with E-state index in [1.807, 2.05) is 25.1 Å². The normalized spacial score (nSPS) is 17.2.